The SMILES string of the molecule is CCC1CCC(C(O)C2CCCC(S(C)(=O)=O)C2)C1. The normalized spacial score (nSPS) is 38.3. The Hall–Kier alpha value is -0.0900. The standard InChI is InChI=1S/C15H28O3S/c1-3-11-7-8-13(9-11)15(16)12-5-4-6-14(10-12)19(2,17)18/h11-16H,3-10H2,1-2H3. The Morgan fingerprint density at radius 3 is 2.37 bits per heavy atom. The Morgan fingerprint density at radius 2 is 1.79 bits per heavy atom. The van der Waals surface area contributed by atoms with E-state index in [9.17, 15) is 13.5 Å². The van der Waals surface area contributed by atoms with Gasteiger partial charge in [0.1, 0.15) is 9.84 Å². The molecular weight excluding hydrogens is 260 g/mol. The van der Waals surface area contributed by atoms with Crippen molar-refractivity contribution in [3.8, 4) is 0 Å². The van der Waals surface area contributed by atoms with E-state index in [1.54, 1.807) is 0 Å². The monoisotopic (exact) mass is 288 g/mol. The summed E-state index contributed by atoms with van der Waals surface area (Å²) in [5.74, 6) is 1.39. The maximum absolute atomic E-state index is 11.7. The Balaban J connectivity index is 1.94. The molecule has 19 heavy (non-hydrogen) atoms. The maximum atomic E-state index is 11.7. The van der Waals surface area contributed by atoms with Gasteiger partial charge in [0.25, 0.3) is 0 Å². The molecule has 0 amide bonds. The molecule has 4 heteroatoms. The Morgan fingerprint density at radius 1 is 1.11 bits per heavy atom. The highest BCUT2D eigenvalue weighted by atomic mass is 32.2. The van der Waals surface area contributed by atoms with Crippen molar-refractivity contribution in [1.29, 1.82) is 0 Å². The fraction of sp³-hybridized carbons (Fsp3) is 1.00. The van der Waals surface area contributed by atoms with E-state index in [0.29, 0.717) is 12.3 Å². The highest BCUT2D eigenvalue weighted by molar-refractivity contribution is 7.91. The summed E-state index contributed by atoms with van der Waals surface area (Å²) in [5.41, 5.74) is 0. The molecule has 112 valence electrons. The van der Waals surface area contributed by atoms with Crippen molar-refractivity contribution in [3.05, 3.63) is 0 Å². The van der Waals surface area contributed by atoms with Gasteiger partial charge in [-0.15, -0.1) is 0 Å². The number of hydrogen-bond acceptors (Lipinski definition) is 3. The maximum Gasteiger partial charge on any atom is 0.150 e. The molecule has 0 aliphatic heterocycles. The second-order valence-corrected chi connectivity index (χ2v) is 9.04. The third-order valence-corrected chi connectivity index (χ3v) is 7.04. The van der Waals surface area contributed by atoms with Crippen molar-refractivity contribution in [2.45, 2.75) is 69.6 Å². The van der Waals surface area contributed by atoms with Gasteiger partial charge >= 0.3 is 0 Å². The quantitative estimate of drug-likeness (QED) is 0.865. The highest BCUT2D eigenvalue weighted by Crippen LogP contribution is 2.40. The minimum Gasteiger partial charge on any atom is -0.393 e. The number of aliphatic hydroxyl groups excluding tert-OH is 1. The van der Waals surface area contributed by atoms with Gasteiger partial charge in [0, 0.05) is 6.26 Å². The first-order valence-electron chi connectivity index (χ1n) is 7.78. The zero-order valence-electron chi connectivity index (χ0n) is 12.2. The average molecular weight is 288 g/mol. The van der Waals surface area contributed by atoms with E-state index in [4.69, 9.17) is 0 Å². The topological polar surface area (TPSA) is 54.4 Å². The molecule has 3 nitrogen and oxygen atoms in total. The van der Waals surface area contributed by atoms with Gasteiger partial charge in [-0.3, -0.25) is 0 Å². The summed E-state index contributed by atoms with van der Waals surface area (Å²) in [7, 11) is -2.94. The van der Waals surface area contributed by atoms with E-state index in [0.717, 1.165) is 38.0 Å². The van der Waals surface area contributed by atoms with Crippen LogP contribution in [0.5, 0.6) is 0 Å². The molecule has 0 aromatic heterocycles. The minimum atomic E-state index is -2.94. The van der Waals surface area contributed by atoms with Crippen LogP contribution in [0.25, 0.3) is 0 Å². The smallest absolute Gasteiger partial charge is 0.150 e. The Bertz CT molecular complexity index is 390. The highest BCUT2D eigenvalue weighted by Gasteiger charge is 2.37. The predicted molar refractivity (Wildman–Crippen MR) is 77.7 cm³/mol. The Labute approximate surface area is 117 Å². The third-order valence-electron chi connectivity index (χ3n) is 5.40. The van der Waals surface area contributed by atoms with Crippen molar-refractivity contribution in [1.82, 2.24) is 0 Å². The van der Waals surface area contributed by atoms with Crippen LogP contribution >= 0.6 is 0 Å². The first kappa shape index (κ1) is 15.3. The fourth-order valence-electron chi connectivity index (χ4n) is 4.06. The summed E-state index contributed by atoms with van der Waals surface area (Å²) in [6.07, 6.45) is 9.18. The van der Waals surface area contributed by atoms with Gasteiger partial charge < -0.3 is 5.11 Å². The zero-order valence-corrected chi connectivity index (χ0v) is 13.0. The lowest BCUT2D eigenvalue weighted by molar-refractivity contribution is 0.0347. The second kappa shape index (κ2) is 6.13. The summed E-state index contributed by atoms with van der Waals surface area (Å²) >= 11 is 0. The predicted octanol–water partition coefficient (Wildman–Crippen LogP) is 2.78. The molecule has 2 aliphatic carbocycles. The number of sulfone groups is 1. The molecular formula is C15H28O3S. The van der Waals surface area contributed by atoms with E-state index in [-0.39, 0.29) is 17.3 Å². The number of aliphatic hydroxyl groups is 1. The van der Waals surface area contributed by atoms with Gasteiger partial charge in [-0.1, -0.05) is 26.2 Å². The average Bonchev–Trinajstić information content (AvgIpc) is 2.86. The summed E-state index contributed by atoms with van der Waals surface area (Å²) in [5, 5.41) is 10.4. The first-order valence-corrected chi connectivity index (χ1v) is 9.74. The summed E-state index contributed by atoms with van der Waals surface area (Å²) < 4.78 is 23.4. The molecule has 0 aromatic carbocycles. The lowest BCUT2D eigenvalue weighted by atomic mass is 9.79. The van der Waals surface area contributed by atoms with Crippen LogP contribution in [0, 0.1) is 17.8 Å². The van der Waals surface area contributed by atoms with Crippen LogP contribution in [0.1, 0.15) is 58.3 Å². The van der Waals surface area contributed by atoms with Crippen molar-refractivity contribution in [2.24, 2.45) is 17.8 Å². The van der Waals surface area contributed by atoms with Gasteiger partial charge in [0.15, 0.2) is 0 Å². The molecule has 0 radical (unpaired) electrons. The van der Waals surface area contributed by atoms with Crippen molar-refractivity contribution >= 4 is 9.84 Å². The van der Waals surface area contributed by atoms with Gasteiger partial charge in [-0.2, -0.15) is 0 Å². The van der Waals surface area contributed by atoms with Crippen LogP contribution in [-0.4, -0.2) is 31.1 Å². The van der Waals surface area contributed by atoms with Crippen LogP contribution < -0.4 is 0 Å². The molecule has 2 rings (SSSR count). The summed E-state index contributed by atoms with van der Waals surface area (Å²) in [4.78, 5) is 0. The van der Waals surface area contributed by atoms with Gasteiger partial charge in [0.2, 0.25) is 0 Å². The van der Waals surface area contributed by atoms with Crippen LogP contribution in [0.15, 0.2) is 0 Å². The largest absolute Gasteiger partial charge is 0.393 e. The molecule has 1 N–H and O–H groups in total. The molecule has 2 aliphatic rings. The number of hydrogen-bond donors (Lipinski definition) is 1. The summed E-state index contributed by atoms with van der Waals surface area (Å²) in [6, 6.07) is 0. The molecule has 0 heterocycles. The lowest BCUT2D eigenvalue weighted by Gasteiger charge is -2.34. The molecule has 0 saturated heterocycles. The van der Waals surface area contributed by atoms with Crippen LogP contribution in [-0.2, 0) is 9.84 Å². The van der Waals surface area contributed by atoms with Gasteiger partial charge in [0.05, 0.1) is 11.4 Å². The fourth-order valence-corrected chi connectivity index (χ4v) is 5.25. The van der Waals surface area contributed by atoms with Crippen molar-refractivity contribution < 1.29 is 13.5 Å². The number of rotatable bonds is 4. The molecule has 0 aromatic rings. The van der Waals surface area contributed by atoms with Gasteiger partial charge in [-0.25, -0.2) is 8.42 Å². The van der Waals surface area contributed by atoms with E-state index in [1.165, 1.54) is 19.1 Å². The summed E-state index contributed by atoms with van der Waals surface area (Å²) in [6.45, 7) is 2.22. The van der Waals surface area contributed by atoms with E-state index in [1.807, 2.05) is 0 Å². The van der Waals surface area contributed by atoms with Crippen LogP contribution in [0.4, 0.5) is 0 Å². The second-order valence-electron chi connectivity index (χ2n) is 6.72. The van der Waals surface area contributed by atoms with E-state index < -0.39 is 9.84 Å². The molecule has 2 saturated carbocycles. The lowest BCUT2D eigenvalue weighted by Crippen LogP contribution is -2.36. The molecule has 5 unspecified atom stereocenters. The molecule has 2 fully saturated rings. The van der Waals surface area contributed by atoms with Gasteiger partial charge in [-0.05, 0) is 49.9 Å². The van der Waals surface area contributed by atoms with Crippen molar-refractivity contribution in [3.63, 3.8) is 0 Å². The van der Waals surface area contributed by atoms with Crippen LogP contribution in [0.3, 0.4) is 0 Å². The molecule has 5 atom stereocenters. The third kappa shape index (κ3) is 3.72. The Kier molecular flexibility index (Phi) is 4.93. The molecule has 0 bridgehead atoms. The zero-order chi connectivity index (χ0) is 14.0. The minimum absolute atomic E-state index is 0.203. The van der Waals surface area contributed by atoms with Crippen LogP contribution in [0.2, 0.25) is 0 Å². The van der Waals surface area contributed by atoms with E-state index >= 15 is 0 Å². The first-order chi connectivity index (χ1) is 8.91. The molecule has 0 spiro atoms. The van der Waals surface area contributed by atoms with Crippen molar-refractivity contribution in [2.75, 3.05) is 6.26 Å². The van der Waals surface area contributed by atoms with E-state index in [2.05, 4.69) is 6.92 Å².